The van der Waals surface area contributed by atoms with E-state index in [1.807, 2.05) is 0 Å². The van der Waals surface area contributed by atoms with Crippen molar-refractivity contribution in [1.82, 2.24) is 9.97 Å². The van der Waals surface area contributed by atoms with Crippen molar-refractivity contribution in [1.29, 1.82) is 0 Å². The van der Waals surface area contributed by atoms with Crippen LogP contribution >= 0.6 is 11.6 Å². The number of esters is 2. The third-order valence-electron chi connectivity index (χ3n) is 2.42. The summed E-state index contributed by atoms with van der Waals surface area (Å²) in [6.45, 7) is 2.08. The molecule has 8 heteroatoms. The number of halogens is 2. The van der Waals surface area contributed by atoms with Crippen LogP contribution < -0.4 is 0 Å². The minimum Gasteiger partial charge on any atom is -0.465 e. The van der Waals surface area contributed by atoms with Gasteiger partial charge in [0, 0.05) is 12.4 Å². The molecule has 122 valence electrons. The zero-order valence-electron chi connectivity index (χ0n) is 12.5. The predicted octanol–water partition coefficient (Wildman–Crippen LogP) is 2.92. The van der Waals surface area contributed by atoms with Crippen molar-refractivity contribution in [3.05, 3.63) is 58.9 Å². The molecular formula is C15H14ClFN2O4. The average molecular weight is 341 g/mol. The Bertz CT molecular complexity index is 682. The number of hydrogen-bond donors (Lipinski definition) is 0. The van der Waals surface area contributed by atoms with E-state index in [0.29, 0.717) is 12.2 Å². The van der Waals surface area contributed by atoms with Gasteiger partial charge in [-0.1, -0.05) is 11.6 Å². The summed E-state index contributed by atoms with van der Waals surface area (Å²) in [6.07, 6.45) is 2.78. The molecule has 2 aromatic heterocycles. The molecule has 0 saturated heterocycles. The van der Waals surface area contributed by atoms with E-state index < -0.39 is 17.9 Å². The lowest BCUT2D eigenvalue weighted by Gasteiger charge is -2.01. The second-order valence-corrected chi connectivity index (χ2v) is 4.25. The molecule has 23 heavy (non-hydrogen) atoms. The summed E-state index contributed by atoms with van der Waals surface area (Å²) >= 11 is 5.64. The van der Waals surface area contributed by atoms with E-state index in [4.69, 9.17) is 16.3 Å². The Morgan fingerprint density at radius 2 is 1.74 bits per heavy atom. The van der Waals surface area contributed by atoms with E-state index in [0.717, 1.165) is 0 Å². The number of nitrogens with zero attached hydrogens (tertiary/aromatic N) is 2. The third-order valence-corrected chi connectivity index (χ3v) is 2.72. The average Bonchev–Trinajstić information content (AvgIpc) is 2.56. The van der Waals surface area contributed by atoms with Crippen molar-refractivity contribution in [2.24, 2.45) is 0 Å². The fraction of sp³-hybridized carbons (Fsp3) is 0.200. The van der Waals surface area contributed by atoms with Crippen LogP contribution in [-0.4, -0.2) is 35.6 Å². The van der Waals surface area contributed by atoms with Crippen LogP contribution in [0.25, 0.3) is 0 Å². The fourth-order valence-corrected chi connectivity index (χ4v) is 1.59. The number of rotatable bonds is 3. The molecule has 0 aliphatic carbocycles. The van der Waals surface area contributed by atoms with Gasteiger partial charge in [0.25, 0.3) is 0 Å². The Labute approximate surface area is 137 Å². The van der Waals surface area contributed by atoms with Crippen LogP contribution in [0, 0.1) is 5.95 Å². The first-order chi connectivity index (χ1) is 11.0. The summed E-state index contributed by atoms with van der Waals surface area (Å²) in [4.78, 5) is 28.9. The summed E-state index contributed by atoms with van der Waals surface area (Å²) in [5, 5.41) is 0.177. The molecule has 0 amide bonds. The van der Waals surface area contributed by atoms with E-state index in [1.54, 1.807) is 19.1 Å². The third kappa shape index (κ3) is 5.63. The molecule has 0 saturated carbocycles. The van der Waals surface area contributed by atoms with E-state index >= 15 is 0 Å². The SMILES string of the molecule is CCOC(=O)c1cccnc1Cl.COC(=O)c1cccnc1F. The van der Waals surface area contributed by atoms with Crippen molar-refractivity contribution < 1.29 is 23.5 Å². The Kier molecular flexibility index (Phi) is 7.62. The van der Waals surface area contributed by atoms with Gasteiger partial charge < -0.3 is 9.47 Å². The summed E-state index contributed by atoms with van der Waals surface area (Å²) in [7, 11) is 1.19. The molecule has 6 nitrogen and oxygen atoms in total. The van der Waals surface area contributed by atoms with Gasteiger partial charge in [-0.2, -0.15) is 4.39 Å². The molecule has 0 bridgehead atoms. The maximum Gasteiger partial charge on any atom is 0.342 e. The highest BCUT2D eigenvalue weighted by atomic mass is 35.5. The van der Waals surface area contributed by atoms with Crippen LogP contribution in [0.2, 0.25) is 5.15 Å². The highest BCUT2D eigenvalue weighted by molar-refractivity contribution is 6.32. The molecule has 0 unspecified atom stereocenters. The van der Waals surface area contributed by atoms with Crippen molar-refractivity contribution in [2.45, 2.75) is 6.92 Å². The number of carbonyl (C=O) groups is 2. The number of aromatic nitrogens is 2. The molecule has 0 spiro atoms. The zero-order chi connectivity index (χ0) is 17.2. The van der Waals surface area contributed by atoms with Crippen LogP contribution in [0.5, 0.6) is 0 Å². The fourth-order valence-electron chi connectivity index (χ4n) is 1.40. The maximum atomic E-state index is 12.6. The largest absolute Gasteiger partial charge is 0.465 e. The molecule has 2 rings (SSSR count). The topological polar surface area (TPSA) is 78.4 Å². The van der Waals surface area contributed by atoms with Gasteiger partial charge in [-0.3, -0.25) is 0 Å². The smallest absolute Gasteiger partial charge is 0.342 e. The van der Waals surface area contributed by atoms with E-state index in [9.17, 15) is 14.0 Å². The number of hydrogen-bond acceptors (Lipinski definition) is 6. The van der Waals surface area contributed by atoms with Gasteiger partial charge in [0.15, 0.2) is 0 Å². The van der Waals surface area contributed by atoms with Gasteiger partial charge in [0.05, 0.1) is 19.3 Å². The zero-order valence-corrected chi connectivity index (χ0v) is 13.2. The minimum absolute atomic E-state index is 0.144. The molecule has 0 radical (unpaired) electrons. The second kappa shape index (κ2) is 9.47. The molecule has 0 atom stereocenters. The Balaban J connectivity index is 0.000000231. The van der Waals surface area contributed by atoms with Crippen LogP contribution in [0.1, 0.15) is 27.6 Å². The predicted molar refractivity (Wildman–Crippen MR) is 80.7 cm³/mol. The molecule has 0 N–H and O–H groups in total. The van der Waals surface area contributed by atoms with Gasteiger partial charge in [-0.05, 0) is 31.2 Å². The Hall–Kier alpha value is -2.54. The second-order valence-electron chi connectivity index (χ2n) is 3.90. The maximum absolute atomic E-state index is 12.6. The quantitative estimate of drug-likeness (QED) is 0.631. The molecule has 2 heterocycles. The van der Waals surface area contributed by atoms with Crippen LogP contribution in [-0.2, 0) is 9.47 Å². The first-order valence-electron chi connectivity index (χ1n) is 6.47. The lowest BCUT2D eigenvalue weighted by Crippen LogP contribution is -2.05. The van der Waals surface area contributed by atoms with E-state index in [2.05, 4.69) is 14.7 Å². The lowest BCUT2D eigenvalue weighted by atomic mass is 10.3. The van der Waals surface area contributed by atoms with Crippen molar-refractivity contribution in [3.63, 3.8) is 0 Å². The van der Waals surface area contributed by atoms with E-state index in [-0.39, 0.29) is 10.7 Å². The Morgan fingerprint density at radius 3 is 2.26 bits per heavy atom. The molecule has 0 aliphatic rings. The summed E-state index contributed by atoms with van der Waals surface area (Å²) in [5.74, 6) is -1.95. The number of ether oxygens (including phenoxy) is 2. The molecule has 0 aliphatic heterocycles. The minimum atomic E-state index is -0.806. The number of methoxy groups -OCH3 is 1. The van der Waals surface area contributed by atoms with Crippen molar-refractivity contribution in [2.75, 3.05) is 13.7 Å². The summed E-state index contributed by atoms with van der Waals surface area (Å²) in [5.41, 5.74) is 0.163. The van der Waals surface area contributed by atoms with Gasteiger partial charge in [-0.25, -0.2) is 19.6 Å². The first-order valence-corrected chi connectivity index (χ1v) is 6.85. The monoisotopic (exact) mass is 340 g/mol. The Morgan fingerprint density at radius 1 is 1.13 bits per heavy atom. The lowest BCUT2D eigenvalue weighted by molar-refractivity contribution is 0.0525. The molecular weight excluding hydrogens is 327 g/mol. The summed E-state index contributed by atoms with van der Waals surface area (Å²) in [6, 6.07) is 6.00. The first kappa shape index (κ1) is 18.5. The molecule has 0 aromatic carbocycles. The standard InChI is InChI=1S/C8H8ClNO2.C7H6FNO2/c1-2-12-8(11)6-4-3-5-10-7(6)9;1-11-7(10)5-3-2-4-9-6(5)8/h3-5H,2H2,1H3;2-4H,1H3. The number of pyridine rings is 2. The van der Waals surface area contributed by atoms with Gasteiger partial charge in [0.2, 0.25) is 5.95 Å². The number of carbonyl (C=O) groups excluding carboxylic acids is 2. The van der Waals surface area contributed by atoms with Crippen molar-refractivity contribution >= 4 is 23.5 Å². The van der Waals surface area contributed by atoms with E-state index in [1.165, 1.54) is 31.6 Å². The van der Waals surface area contributed by atoms with Crippen LogP contribution in [0.15, 0.2) is 36.7 Å². The van der Waals surface area contributed by atoms with Gasteiger partial charge in [0.1, 0.15) is 10.7 Å². The molecule has 2 aromatic rings. The summed E-state index contributed by atoms with van der Waals surface area (Å²) < 4.78 is 21.7. The van der Waals surface area contributed by atoms with Gasteiger partial charge in [-0.15, -0.1) is 0 Å². The highest BCUT2D eigenvalue weighted by Crippen LogP contribution is 2.12. The normalized spacial score (nSPS) is 9.39. The molecule has 0 fully saturated rings. The van der Waals surface area contributed by atoms with Crippen molar-refractivity contribution in [3.8, 4) is 0 Å². The highest BCUT2D eigenvalue weighted by Gasteiger charge is 2.11. The van der Waals surface area contributed by atoms with Crippen LogP contribution in [0.3, 0.4) is 0 Å². The van der Waals surface area contributed by atoms with Gasteiger partial charge >= 0.3 is 11.9 Å². The van der Waals surface area contributed by atoms with Crippen LogP contribution in [0.4, 0.5) is 4.39 Å².